The number of aromatic nitrogens is 2. The first-order chi connectivity index (χ1) is 12.1. The van der Waals surface area contributed by atoms with Gasteiger partial charge in [0.1, 0.15) is 5.82 Å². The number of benzene rings is 1. The van der Waals surface area contributed by atoms with E-state index in [0.29, 0.717) is 17.1 Å². The van der Waals surface area contributed by atoms with Crippen molar-refractivity contribution >= 4 is 5.91 Å². The van der Waals surface area contributed by atoms with E-state index in [9.17, 15) is 9.90 Å². The number of carbonyl (C=O) groups excluding carboxylic acids is 1. The molecule has 25 heavy (non-hydrogen) atoms. The Morgan fingerprint density at radius 2 is 2.16 bits per heavy atom. The summed E-state index contributed by atoms with van der Waals surface area (Å²) in [6, 6.07) is 4.74. The van der Waals surface area contributed by atoms with Crippen LogP contribution < -0.4 is 14.8 Å². The van der Waals surface area contributed by atoms with E-state index in [1.165, 1.54) is 0 Å². The predicted octanol–water partition coefficient (Wildman–Crippen LogP) is 1.80. The van der Waals surface area contributed by atoms with Crippen molar-refractivity contribution in [1.29, 1.82) is 0 Å². The van der Waals surface area contributed by atoms with Crippen molar-refractivity contribution in [3.05, 3.63) is 42.0 Å². The average Bonchev–Trinajstić information content (AvgIpc) is 3.24. The van der Waals surface area contributed by atoms with Gasteiger partial charge in [-0.15, -0.1) is 0 Å². The molecule has 4 rings (SSSR count). The molecule has 7 heteroatoms. The molecule has 1 aromatic heterocycles. The third-order valence-corrected chi connectivity index (χ3v) is 4.99. The van der Waals surface area contributed by atoms with Gasteiger partial charge in [-0.1, -0.05) is 0 Å². The summed E-state index contributed by atoms with van der Waals surface area (Å²) < 4.78 is 12.6. The first-order valence-electron chi connectivity index (χ1n) is 8.51. The molecule has 0 bridgehead atoms. The highest BCUT2D eigenvalue weighted by Gasteiger charge is 2.34. The van der Waals surface area contributed by atoms with Gasteiger partial charge in [0.25, 0.3) is 5.91 Å². The maximum Gasteiger partial charge on any atom is 0.251 e. The summed E-state index contributed by atoms with van der Waals surface area (Å²) in [5.74, 6) is 1.87. The Morgan fingerprint density at radius 3 is 2.96 bits per heavy atom. The first kappa shape index (κ1) is 16.0. The summed E-state index contributed by atoms with van der Waals surface area (Å²) >= 11 is 0. The van der Waals surface area contributed by atoms with Crippen molar-refractivity contribution < 1.29 is 19.4 Å². The van der Waals surface area contributed by atoms with E-state index in [1.54, 1.807) is 24.4 Å². The van der Waals surface area contributed by atoms with E-state index in [1.807, 2.05) is 17.7 Å². The summed E-state index contributed by atoms with van der Waals surface area (Å²) in [6.07, 6.45) is 5.52. The van der Waals surface area contributed by atoms with E-state index in [2.05, 4.69) is 10.3 Å². The second kappa shape index (κ2) is 6.40. The van der Waals surface area contributed by atoms with E-state index >= 15 is 0 Å². The number of fused-ring (bicyclic) bond motifs is 1. The predicted molar refractivity (Wildman–Crippen MR) is 89.7 cm³/mol. The van der Waals surface area contributed by atoms with E-state index < -0.39 is 6.10 Å². The summed E-state index contributed by atoms with van der Waals surface area (Å²) in [6.45, 7) is 2.09. The molecule has 1 aromatic carbocycles. The number of hydrogen-bond donors (Lipinski definition) is 2. The Kier molecular flexibility index (Phi) is 4.09. The monoisotopic (exact) mass is 343 g/mol. The first-order valence-corrected chi connectivity index (χ1v) is 8.51. The Morgan fingerprint density at radius 1 is 1.32 bits per heavy atom. The van der Waals surface area contributed by atoms with Crippen LogP contribution in [0.1, 0.15) is 41.5 Å². The van der Waals surface area contributed by atoms with Crippen molar-refractivity contribution in [2.75, 3.05) is 6.79 Å². The number of aliphatic hydroxyl groups is 1. The quantitative estimate of drug-likeness (QED) is 0.888. The Balaban J connectivity index is 1.48. The van der Waals surface area contributed by atoms with Crippen LogP contribution in [0.25, 0.3) is 0 Å². The summed E-state index contributed by atoms with van der Waals surface area (Å²) in [7, 11) is 0. The topological polar surface area (TPSA) is 85.6 Å². The molecule has 0 spiro atoms. The molecule has 2 aromatic rings. The molecular weight excluding hydrogens is 322 g/mol. The molecule has 0 unspecified atom stereocenters. The van der Waals surface area contributed by atoms with Gasteiger partial charge in [0.2, 0.25) is 6.79 Å². The van der Waals surface area contributed by atoms with Crippen molar-refractivity contribution in [3.63, 3.8) is 0 Å². The van der Waals surface area contributed by atoms with Crippen LogP contribution in [0, 0.1) is 6.92 Å². The van der Waals surface area contributed by atoms with Gasteiger partial charge < -0.3 is 24.5 Å². The number of imidazole rings is 1. The van der Waals surface area contributed by atoms with Crippen LogP contribution in [0.3, 0.4) is 0 Å². The van der Waals surface area contributed by atoms with Crippen molar-refractivity contribution in [1.82, 2.24) is 14.9 Å². The van der Waals surface area contributed by atoms with Gasteiger partial charge >= 0.3 is 0 Å². The van der Waals surface area contributed by atoms with Gasteiger partial charge in [-0.3, -0.25) is 4.79 Å². The average molecular weight is 343 g/mol. The molecule has 0 radical (unpaired) electrons. The van der Waals surface area contributed by atoms with Crippen LogP contribution in [0.5, 0.6) is 11.5 Å². The highest BCUT2D eigenvalue weighted by Crippen LogP contribution is 2.33. The van der Waals surface area contributed by atoms with E-state index in [0.717, 1.165) is 25.1 Å². The standard InChI is InChI=1S/C18H21N3O4/c1-11-19-7-8-21(11)14-4-2-3-13(17(14)22)20-18(23)12-5-6-15-16(9-12)25-10-24-15/h5-9,13-14,17,22H,2-4,10H2,1H3,(H,20,23)/t13-,14-,17-/m1/s1. The summed E-state index contributed by atoms with van der Waals surface area (Å²) in [5.41, 5.74) is 0.498. The molecule has 1 saturated carbocycles. The molecule has 2 heterocycles. The molecule has 2 N–H and O–H groups in total. The highest BCUT2D eigenvalue weighted by molar-refractivity contribution is 5.95. The van der Waals surface area contributed by atoms with E-state index in [-0.39, 0.29) is 24.8 Å². The van der Waals surface area contributed by atoms with Crippen LogP contribution >= 0.6 is 0 Å². The van der Waals surface area contributed by atoms with Gasteiger partial charge in [0.05, 0.1) is 18.2 Å². The molecule has 7 nitrogen and oxygen atoms in total. The smallest absolute Gasteiger partial charge is 0.251 e. The third-order valence-electron chi connectivity index (χ3n) is 4.99. The zero-order valence-electron chi connectivity index (χ0n) is 14.0. The van der Waals surface area contributed by atoms with Crippen molar-refractivity contribution in [2.24, 2.45) is 0 Å². The number of rotatable bonds is 3. The Bertz CT molecular complexity index is 788. The summed E-state index contributed by atoms with van der Waals surface area (Å²) in [4.78, 5) is 16.8. The largest absolute Gasteiger partial charge is 0.454 e. The minimum absolute atomic E-state index is 0.0710. The maximum atomic E-state index is 12.6. The molecule has 0 saturated heterocycles. The molecule has 2 aliphatic rings. The molecule has 1 aliphatic heterocycles. The number of aryl methyl sites for hydroxylation is 1. The fraction of sp³-hybridized carbons (Fsp3) is 0.444. The number of nitrogens with zero attached hydrogens (tertiary/aromatic N) is 2. The number of ether oxygens (including phenoxy) is 2. The maximum absolute atomic E-state index is 12.6. The SMILES string of the molecule is Cc1nccn1[C@@H]1CCC[C@@H](NC(=O)c2ccc3c(c2)OCO3)[C@H]1O. The number of carbonyl (C=O) groups is 1. The zero-order chi connectivity index (χ0) is 17.4. The lowest BCUT2D eigenvalue weighted by molar-refractivity contribution is 0.0392. The molecule has 132 valence electrons. The lowest BCUT2D eigenvalue weighted by atomic mass is 9.87. The molecule has 3 atom stereocenters. The fourth-order valence-corrected chi connectivity index (χ4v) is 3.65. The van der Waals surface area contributed by atoms with Crippen LogP contribution in [0.15, 0.2) is 30.6 Å². The summed E-state index contributed by atoms with van der Waals surface area (Å²) in [5, 5.41) is 13.7. The van der Waals surface area contributed by atoms with Crippen LogP contribution in [0.2, 0.25) is 0 Å². The molecule has 1 aliphatic carbocycles. The molecule has 1 fully saturated rings. The second-order valence-corrected chi connectivity index (χ2v) is 6.52. The minimum Gasteiger partial charge on any atom is -0.454 e. The lowest BCUT2D eigenvalue weighted by Crippen LogP contribution is -2.49. The lowest BCUT2D eigenvalue weighted by Gasteiger charge is -2.36. The molecule has 1 amide bonds. The zero-order valence-corrected chi connectivity index (χ0v) is 14.0. The second-order valence-electron chi connectivity index (χ2n) is 6.52. The fourth-order valence-electron chi connectivity index (χ4n) is 3.65. The van der Waals surface area contributed by atoms with E-state index in [4.69, 9.17) is 9.47 Å². The normalized spacial score (nSPS) is 25.0. The van der Waals surface area contributed by atoms with Crippen molar-refractivity contribution in [3.8, 4) is 11.5 Å². The van der Waals surface area contributed by atoms with Crippen molar-refractivity contribution in [2.45, 2.75) is 44.4 Å². The van der Waals surface area contributed by atoms with Gasteiger partial charge in [-0.25, -0.2) is 4.98 Å². The van der Waals surface area contributed by atoms with Gasteiger partial charge in [0, 0.05) is 18.0 Å². The van der Waals surface area contributed by atoms with Gasteiger partial charge in [-0.05, 0) is 44.4 Å². The van der Waals surface area contributed by atoms with Crippen LogP contribution in [-0.4, -0.2) is 39.5 Å². The third kappa shape index (κ3) is 2.95. The number of aliphatic hydroxyl groups excluding tert-OH is 1. The highest BCUT2D eigenvalue weighted by atomic mass is 16.7. The minimum atomic E-state index is -0.653. The number of amides is 1. The number of hydrogen-bond acceptors (Lipinski definition) is 5. The number of nitrogens with one attached hydrogen (secondary N) is 1. The molecular formula is C18H21N3O4. The Hall–Kier alpha value is -2.54. The van der Waals surface area contributed by atoms with Gasteiger partial charge in [-0.2, -0.15) is 0 Å². The van der Waals surface area contributed by atoms with Crippen LogP contribution in [0.4, 0.5) is 0 Å². The Labute approximate surface area is 145 Å². The van der Waals surface area contributed by atoms with Crippen LogP contribution in [-0.2, 0) is 0 Å². The van der Waals surface area contributed by atoms with Gasteiger partial charge in [0.15, 0.2) is 11.5 Å².